The van der Waals surface area contributed by atoms with Gasteiger partial charge in [0.05, 0.1) is 0 Å². The lowest BCUT2D eigenvalue weighted by Gasteiger charge is -2.01. The standard InChI is InChI=1S/C14H20F/c1-2-3-4-5-6-7-8-13-9-11-14(15)12-10-13/h9-12H,1-8H2. The molecule has 0 amide bonds. The fraction of sp³-hybridized carbons (Fsp3) is 0.500. The van der Waals surface area contributed by atoms with E-state index in [1.54, 1.807) is 0 Å². The zero-order chi connectivity index (χ0) is 10.9. The Hall–Kier alpha value is -0.850. The first-order valence-electron chi connectivity index (χ1n) is 5.86. The lowest BCUT2D eigenvalue weighted by molar-refractivity contribution is 0.613. The molecule has 0 N–H and O–H groups in total. The highest BCUT2D eigenvalue weighted by Crippen LogP contribution is 2.10. The molecule has 15 heavy (non-hydrogen) atoms. The predicted molar refractivity (Wildman–Crippen MR) is 63.2 cm³/mol. The normalized spacial score (nSPS) is 10.5. The Labute approximate surface area is 92.5 Å². The summed E-state index contributed by atoms with van der Waals surface area (Å²) in [6.45, 7) is 3.82. The molecule has 1 heteroatoms. The molecule has 0 aliphatic carbocycles. The maximum atomic E-state index is 12.6. The van der Waals surface area contributed by atoms with Gasteiger partial charge in [0.2, 0.25) is 0 Å². The third-order valence-corrected chi connectivity index (χ3v) is 2.63. The third-order valence-electron chi connectivity index (χ3n) is 2.63. The molecule has 1 aromatic carbocycles. The largest absolute Gasteiger partial charge is 0.207 e. The molecule has 0 nitrogen and oxygen atoms in total. The Morgan fingerprint density at radius 3 is 2.13 bits per heavy atom. The second-order valence-corrected chi connectivity index (χ2v) is 4.00. The number of aryl methyl sites for hydroxylation is 1. The highest BCUT2D eigenvalue weighted by Gasteiger charge is 1.94. The van der Waals surface area contributed by atoms with Crippen molar-refractivity contribution >= 4 is 0 Å². The number of unbranched alkanes of at least 4 members (excludes halogenated alkanes) is 5. The molecule has 0 heterocycles. The van der Waals surface area contributed by atoms with Crippen LogP contribution < -0.4 is 0 Å². The predicted octanol–water partition coefficient (Wildman–Crippen LogP) is 4.54. The molecule has 0 unspecified atom stereocenters. The van der Waals surface area contributed by atoms with E-state index in [0.29, 0.717) is 0 Å². The van der Waals surface area contributed by atoms with E-state index in [2.05, 4.69) is 6.92 Å². The summed E-state index contributed by atoms with van der Waals surface area (Å²) < 4.78 is 12.6. The third kappa shape index (κ3) is 5.56. The quantitative estimate of drug-likeness (QED) is 0.576. The molecule has 0 aliphatic rings. The molecule has 0 atom stereocenters. The van der Waals surface area contributed by atoms with Crippen LogP contribution in [0.2, 0.25) is 0 Å². The van der Waals surface area contributed by atoms with Gasteiger partial charge in [-0.05, 0) is 30.5 Å². The van der Waals surface area contributed by atoms with E-state index in [0.717, 1.165) is 12.8 Å². The minimum atomic E-state index is -0.144. The maximum Gasteiger partial charge on any atom is 0.123 e. The van der Waals surface area contributed by atoms with Gasteiger partial charge in [-0.1, -0.05) is 51.2 Å². The average Bonchev–Trinajstić information content (AvgIpc) is 2.26. The van der Waals surface area contributed by atoms with Gasteiger partial charge >= 0.3 is 0 Å². The Kier molecular flexibility index (Phi) is 6.06. The van der Waals surface area contributed by atoms with Crippen molar-refractivity contribution in [1.29, 1.82) is 0 Å². The fourth-order valence-electron chi connectivity index (χ4n) is 1.69. The summed E-state index contributed by atoms with van der Waals surface area (Å²) in [7, 11) is 0. The number of rotatable bonds is 7. The zero-order valence-electron chi connectivity index (χ0n) is 9.34. The molecular formula is C14H20F. The minimum absolute atomic E-state index is 0.144. The Bertz CT molecular complexity index is 251. The molecule has 1 rings (SSSR count). The fourth-order valence-corrected chi connectivity index (χ4v) is 1.69. The summed E-state index contributed by atoms with van der Waals surface area (Å²) in [6.07, 6.45) is 8.46. The van der Waals surface area contributed by atoms with Crippen molar-refractivity contribution in [3.63, 3.8) is 0 Å². The topological polar surface area (TPSA) is 0 Å². The average molecular weight is 207 g/mol. The SMILES string of the molecule is [CH2]CCCCCCCc1ccc(F)cc1. The van der Waals surface area contributed by atoms with Crippen LogP contribution in [0, 0.1) is 12.7 Å². The summed E-state index contributed by atoms with van der Waals surface area (Å²) in [5.74, 6) is -0.144. The van der Waals surface area contributed by atoms with E-state index in [1.165, 1.54) is 49.8 Å². The van der Waals surface area contributed by atoms with E-state index in [9.17, 15) is 4.39 Å². The molecule has 83 valence electrons. The summed E-state index contributed by atoms with van der Waals surface area (Å²) >= 11 is 0. The van der Waals surface area contributed by atoms with Crippen molar-refractivity contribution in [3.05, 3.63) is 42.6 Å². The van der Waals surface area contributed by atoms with Gasteiger partial charge in [-0.15, -0.1) is 0 Å². The van der Waals surface area contributed by atoms with Crippen LogP contribution >= 0.6 is 0 Å². The van der Waals surface area contributed by atoms with Crippen molar-refractivity contribution in [2.24, 2.45) is 0 Å². The van der Waals surface area contributed by atoms with Crippen LogP contribution in [0.25, 0.3) is 0 Å². The molecule has 1 aromatic rings. The molecule has 1 radical (unpaired) electrons. The number of halogens is 1. The Balaban J connectivity index is 2.07. The molecule has 0 aliphatic heterocycles. The molecular weight excluding hydrogens is 187 g/mol. The highest BCUT2D eigenvalue weighted by molar-refractivity contribution is 5.15. The van der Waals surface area contributed by atoms with Crippen LogP contribution in [0.15, 0.2) is 24.3 Å². The van der Waals surface area contributed by atoms with Crippen LogP contribution in [0.1, 0.15) is 44.1 Å². The lowest BCUT2D eigenvalue weighted by Crippen LogP contribution is -1.86. The van der Waals surface area contributed by atoms with Crippen LogP contribution in [-0.2, 0) is 6.42 Å². The van der Waals surface area contributed by atoms with E-state index in [1.807, 2.05) is 12.1 Å². The summed E-state index contributed by atoms with van der Waals surface area (Å²) in [4.78, 5) is 0. The van der Waals surface area contributed by atoms with Gasteiger partial charge in [0, 0.05) is 0 Å². The van der Waals surface area contributed by atoms with Crippen molar-refractivity contribution in [3.8, 4) is 0 Å². The van der Waals surface area contributed by atoms with Crippen molar-refractivity contribution in [1.82, 2.24) is 0 Å². The van der Waals surface area contributed by atoms with Gasteiger partial charge in [-0.2, -0.15) is 0 Å². The van der Waals surface area contributed by atoms with Crippen LogP contribution in [0.3, 0.4) is 0 Å². The van der Waals surface area contributed by atoms with E-state index < -0.39 is 0 Å². The zero-order valence-corrected chi connectivity index (χ0v) is 9.34. The van der Waals surface area contributed by atoms with Crippen molar-refractivity contribution < 1.29 is 4.39 Å². The van der Waals surface area contributed by atoms with Gasteiger partial charge in [0.25, 0.3) is 0 Å². The van der Waals surface area contributed by atoms with Gasteiger partial charge in [-0.25, -0.2) is 4.39 Å². The van der Waals surface area contributed by atoms with E-state index >= 15 is 0 Å². The molecule has 0 aromatic heterocycles. The second-order valence-electron chi connectivity index (χ2n) is 4.00. The highest BCUT2D eigenvalue weighted by atomic mass is 19.1. The molecule has 0 spiro atoms. The van der Waals surface area contributed by atoms with Crippen molar-refractivity contribution in [2.75, 3.05) is 0 Å². The first-order chi connectivity index (χ1) is 7.33. The van der Waals surface area contributed by atoms with Gasteiger partial charge in [0.1, 0.15) is 5.82 Å². The van der Waals surface area contributed by atoms with Crippen LogP contribution in [0.5, 0.6) is 0 Å². The van der Waals surface area contributed by atoms with E-state index in [-0.39, 0.29) is 5.82 Å². The first kappa shape index (κ1) is 12.2. The van der Waals surface area contributed by atoms with Gasteiger partial charge in [0.15, 0.2) is 0 Å². The molecule has 0 saturated heterocycles. The number of benzene rings is 1. The summed E-state index contributed by atoms with van der Waals surface area (Å²) in [5.41, 5.74) is 1.24. The minimum Gasteiger partial charge on any atom is -0.207 e. The molecule has 0 saturated carbocycles. The first-order valence-corrected chi connectivity index (χ1v) is 5.86. The van der Waals surface area contributed by atoms with E-state index in [4.69, 9.17) is 0 Å². The summed E-state index contributed by atoms with van der Waals surface area (Å²) in [5, 5.41) is 0. The van der Waals surface area contributed by atoms with Gasteiger partial charge in [-0.3, -0.25) is 0 Å². The Morgan fingerprint density at radius 2 is 1.47 bits per heavy atom. The van der Waals surface area contributed by atoms with Crippen LogP contribution in [-0.4, -0.2) is 0 Å². The maximum absolute atomic E-state index is 12.6. The smallest absolute Gasteiger partial charge is 0.123 e. The van der Waals surface area contributed by atoms with Crippen LogP contribution in [0.4, 0.5) is 4.39 Å². The number of hydrogen-bond donors (Lipinski definition) is 0. The summed E-state index contributed by atoms with van der Waals surface area (Å²) in [6, 6.07) is 6.84. The monoisotopic (exact) mass is 207 g/mol. The molecule has 0 fully saturated rings. The number of hydrogen-bond acceptors (Lipinski definition) is 0. The lowest BCUT2D eigenvalue weighted by atomic mass is 10.1. The second kappa shape index (κ2) is 7.44. The Morgan fingerprint density at radius 1 is 0.867 bits per heavy atom. The van der Waals surface area contributed by atoms with Crippen molar-refractivity contribution in [2.45, 2.75) is 44.9 Å². The van der Waals surface area contributed by atoms with Gasteiger partial charge < -0.3 is 0 Å². The molecule has 0 bridgehead atoms.